The highest BCUT2D eigenvalue weighted by molar-refractivity contribution is 5.79. The third-order valence-electron chi connectivity index (χ3n) is 6.00. The van der Waals surface area contributed by atoms with E-state index in [-0.39, 0.29) is 11.8 Å². The van der Waals surface area contributed by atoms with Crippen LogP contribution in [0.4, 0.5) is 0 Å². The molecule has 2 amide bonds. The Hall–Kier alpha value is -2.04. The van der Waals surface area contributed by atoms with Gasteiger partial charge in [0.15, 0.2) is 0 Å². The van der Waals surface area contributed by atoms with E-state index in [1.165, 1.54) is 19.3 Å². The average molecular weight is 373 g/mol. The molecule has 3 rings (SSSR count). The zero-order valence-electron chi connectivity index (χ0n) is 16.4. The van der Waals surface area contributed by atoms with E-state index < -0.39 is 0 Å². The third kappa shape index (κ3) is 5.72. The summed E-state index contributed by atoms with van der Waals surface area (Å²) in [6, 6.07) is 7.74. The lowest BCUT2D eigenvalue weighted by Gasteiger charge is -2.35. The highest BCUT2D eigenvalue weighted by Crippen LogP contribution is 2.28. The predicted octanol–water partition coefficient (Wildman–Crippen LogP) is 3.52. The molecule has 1 N–H and O–H groups in total. The van der Waals surface area contributed by atoms with Gasteiger partial charge in [0.25, 0.3) is 0 Å². The SMILES string of the molecule is COc1ccc(CNC(=O)CC2CCN(C(=O)C3CCCCC3)CC2)cc1. The molecule has 2 aliphatic rings. The summed E-state index contributed by atoms with van der Waals surface area (Å²) in [4.78, 5) is 26.9. The number of ether oxygens (including phenoxy) is 1. The Kier molecular flexibility index (Phi) is 7.13. The minimum atomic E-state index is 0.0999. The summed E-state index contributed by atoms with van der Waals surface area (Å²) >= 11 is 0. The molecular weight excluding hydrogens is 340 g/mol. The van der Waals surface area contributed by atoms with Crippen molar-refractivity contribution < 1.29 is 14.3 Å². The number of amides is 2. The van der Waals surface area contributed by atoms with Gasteiger partial charge in [-0.05, 0) is 49.3 Å². The van der Waals surface area contributed by atoms with Gasteiger partial charge in [-0.15, -0.1) is 0 Å². The number of nitrogens with zero attached hydrogens (tertiary/aromatic N) is 1. The van der Waals surface area contributed by atoms with Gasteiger partial charge in [-0.1, -0.05) is 31.4 Å². The highest BCUT2D eigenvalue weighted by Gasteiger charge is 2.29. The largest absolute Gasteiger partial charge is 0.497 e. The lowest BCUT2D eigenvalue weighted by Crippen LogP contribution is -2.43. The molecule has 0 aromatic heterocycles. The molecular formula is C22H32N2O3. The summed E-state index contributed by atoms with van der Waals surface area (Å²) in [5.74, 6) is 1.92. The van der Waals surface area contributed by atoms with Crippen molar-refractivity contribution in [2.45, 2.75) is 57.9 Å². The van der Waals surface area contributed by atoms with E-state index >= 15 is 0 Å². The van der Waals surface area contributed by atoms with Crippen molar-refractivity contribution in [2.75, 3.05) is 20.2 Å². The third-order valence-corrected chi connectivity index (χ3v) is 6.00. The van der Waals surface area contributed by atoms with Gasteiger partial charge in [-0.25, -0.2) is 0 Å². The number of hydrogen-bond donors (Lipinski definition) is 1. The van der Waals surface area contributed by atoms with E-state index in [2.05, 4.69) is 5.32 Å². The first-order valence-corrected chi connectivity index (χ1v) is 10.3. The van der Waals surface area contributed by atoms with Crippen LogP contribution in [0.25, 0.3) is 0 Å². The van der Waals surface area contributed by atoms with Crippen LogP contribution < -0.4 is 10.1 Å². The quantitative estimate of drug-likeness (QED) is 0.831. The Balaban J connectivity index is 1.36. The maximum atomic E-state index is 12.6. The Morgan fingerprint density at radius 3 is 2.33 bits per heavy atom. The molecule has 1 aliphatic carbocycles. The van der Waals surface area contributed by atoms with Crippen LogP contribution in [-0.4, -0.2) is 36.9 Å². The zero-order valence-corrected chi connectivity index (χ0v) is 16.4. The van der Waals surface area contributed by atoms with Gasteiger partial charge in [0.05, 0.1) is 7.11 Å². The number of nitrogens with one attached hydrogen (secondary N) is 1. The van der Waals surface area contributed by atoms with Crippen LogP contribution in [0.5, 0.6) is 5.75 Å². The number of piperidine rings is 1. The lowest BCUT2D eigenvalue weighted by molar-refractivity contribution is -0.138. The van der Waals surface area contributed by atoms with E-state index in [9.17, 15) is 9.59 Å². The number of carbonyl (C=O) groups is 2. The van der Waals surface area contributed by atoms with Gasteiger partial charge < -0.3 is 15.0 Å². The predicted molar refractivity (Wildman–Crippen MR) is 105 cm³/mol. The Labute approximate surface area is 162 Å². The monoisotopic (exact) mass is 372 g/mol. The molecule has 5 heteroatoms. The van der Waals surface area contributed by atoms with Crippen LogP contribution in [0.2, 0.25) is 0 Å². The smallest absolute Gasteiger partial charge is 0.225 e. The van der Waals surface area contributed by atoms with Crippen LogP contribution >= 0.6 is 0 Å². The van der Waals surface area contributed by atoms with Gasteiger partial charge in [0.2, 0.25) is 11.8 Å². The second kappa shape index (κ2) is 9.77. The average Bonchev–Trinajstić information content (AvgIpc) is 2.73. The number of benzene rings is 1. The van der Waals surface area contributed by atoms with E-state index in [1.807, 2.05) is 29.2 Å². The fraction of sp³-hybridized carbons (Fsp3) is 0.636. The van der Waals surface area contributed by atoms with Gasteiger partial charge in [0, 0.05) is 32.0 Å². The molecule has 0 spiro atoms. The minimum Gasteiger partial charge on any atom is -0.497 e. The summed E-state index contributed by atoms with van der Waals surface area (Å²) in [7, 11) is 1.64. The van der Waals surface area contributed by atoms with Crippen LogP contribution in [0.3, 0.4) is 0 Å². The molecule has 1 aliphatic heterocycles. The molecule has 5 nitrogen and oxygen atoms in total. The van der Waals surface area contributed by atoms with Crippen molar-refractivity contribution in [2.24, 2.45) is 11.8 Å². The number of methoxy groups -OCH3 is 1. The first-order chi connectivity index (χ1) is 13.2. The molecule has 1 saturated heterocycles. The van der Waals surface area contributed by atoms with E-state index in [0.717, 1.165) is 50.1 Å². The van der Waals surface area contributed by atoms with Crippen molar-refractivity contribution in [3.05, 3.63) is 29.8 Å². The molecule has 1 heterocycles. The van der Waals surface area contributed by atoms with Gasteiger partial charge >= 0.3 is 0 Å². The molecule has 0 atom stereocenters. The van der Waals surface area contributed by atoms with Crippen molar-refractivity contribution in [1.82, 2.24) is 10.2 Å². The van der Waals surface area contributed by atoms with Crippen molar-refractivity contribution in [3.63, 3.8) is 0 Å². The molecule has 148 valence electrons. The molecule has 1 aromatic carbocycles. The second-order valence-corrected chi connectivity index (χ2v) is 7.93. The Morgan fingerprint density at radius 1 is 1.04 bits per heavy atom. The highest BCUT2D eigenvalue weighted by atomic mass is 16.5. The number of hydrogen-bond acceptors (Lipinski definition) is 3. The maximum absolute atomic E-state index is 12.6. The molecule has 2 fully saturated rings. The number of likely N-dealkylation sites (tertiary alicyclic amines) is 1. The van der Waals surface area contributed by atoms with Gasteiger partial charge in [0.1, 0.15) is 5.75 Å². The number of carbonyl (C=O) groups excluding carboxylic acids is 2. The van der Waals surface area contributed by atoms with Crippen LogP contribution in [0.1, 0.15) is 56.9 Å². The summed E-state index contributed by atoms with van der Waals surface area (Å²) < 4.78 is 5.14. The fourth-order valence-corrected chi connectivity index (χ4v) is 4.24. The molecule has 1 saturated carbocycles. The standard InChI is InChI=1S/C22H32N2O3/c1-27-20-9-7-18(8-10-20)16-23-21(25)15-17-11-13-24(14-12-17)22(26)19-5-3-2-4-6-19/h7-10,17,19H,2-6,11-16H2,1H3,(H,23,25). The second-order valence-electron chi connectivity index (χ2n) is 7.93. The van der Waals surface area contributed by atoms with Gasteiger partial charge in [-0.2, -0.15) is 0 Å². The molecule has 0 unspecified atom stereocenters. The molecule has 0 radical (unpaired) electrons. The van der Waals surface area contributed by atoms with Crippen LogP contribution in [0.15, 0.2) is 24.3 Å². The topological polar surface area (TPSA) is 58.6 Å². The fourth-order valence-electron chi connectivity index (χ4n) is 4.24. The number of rotatable bonds is 6. The maximum Gasteiger partial charge on any atom is 0.225 e. The molecule has 27 heavy (non-hydrogen) atoms. The molecule has 0 bridgehead atoms. The normalized spacial score (nSPS) is 18.9. The summed E-state index contributed by atoms with van der Waals surface area (Å²) in [5, 5.41) is 3.01. The summed E-state index contributed by atoms with van der Waals surface area (Å²) in [6.45, 7) is 2.17. The van der Waals surface area contributed by atoms with E-state index in [0.29, 0.717) is 24.8 Å². The van der Waals surface area contributed by atoms with Crippen molar-refractivity contribution in [1.29, 1.82) is 0 Å². The zero-order chi connectivity index (χ0) is 19.1. The minimum absolute atomic E-state index is 0.0999. The van der Waals surface area contributed by atoms with Crippen LogP contribution in [-0.2, 0) is 16.1 Å². The Morgan fingerprint density at radius 2 is 1.70 bits per heavy atom. The molecule has 1 aromatic rings. The van der Waals surface area contributed by atoms with Gasteiger partial charge in [-0.3, -0.25) is 9.59 Å². The summed E-state index contributed by atoms with van der Waals surface area (Å²) in [5.41, 5.74) is 1.07. The Bertz CT molecular complexity index is 615. The first-order valence-electron chi connectivity index (χ1n) is 10.3. The lowest BCUT2D eigenvalue weighted by atomic mass is 9.87. The van der Waals surface area contributed by atoms with E-state index in [4.69, 9.17) is 4.74 Å². The summed E-state index contributed by atoms with van der Waals surface area (Å²) in [6.07, 6.45) is 8.23. The van der Waals surface area contributed by atoms with E-state index in [1.54, 1.807) is 7.11 Å². The van der Waals surface area contributed by atoms with Crippen molar-refractivity contribution in [3.8, 4) is 5.75 Å². The van der Waals surface area contributed by atoms with Crippen LogP contribution in [0, 0.1) is 11.8 Å². The van der Waals surface area contributed by atoms with Crippen molar-refractivity contribution >= 4 is 11.8 Å². The first kappa shape index (κ1) is 19.7.